The van der Waals surface area contributed by atoms with E-state index in [1.807, 2.05) is 18.2 Å². The van der Waals surface area contributed by atoms with Crippen LogP contribution in [-0.4, -0.2) is 20.1 Å². The molecule has 1 amide bonds. The van der Waals surface area contributed by atoms with Gasteiger partial charge in [-0.15, -0.1) is 0 Å². The normalized spacial score (nSPS) is 10.5. The molecule has 17 heavy (non-hydrogen) atoms. The Morgan fingerprint density at radius 1 is 1.47 bits per heavy atom. The molecule has 4 heteroatoms. The summed E-state index contributed by atoms with van der Waals surface area (Å²) in [5.41, 5.74) is 1.84. The Morgan fingerprint density at radius 3 is 3.00 bits per heavy atom. The van der Waals surface area contributed by atoms with Gasteiger partial charge in [-0.2, -0.15) is 0 Å². The fraction of sp³-hybridized carbons (Fsp3) is 0.308. The van der Waals surface area contributed by atoms with E-state index in [9.17, 15) is 4.79 Å². The average Bonchev–Trinajstić information content (AvgIpc) is 2.77. The highest BCUT2D eigenvalue weighted by molar-refractivity contribution is 5.83. The maximum absolute atomic E-state index is 11.2. The Hall–Kier alpha value is -1.97. The second kappa shape index (κ2) is 4.91. The van der Waals surface area contributed by atoms with Crippen LogP contribution in [0.15, 0.2) is 28.9 Å². The zero-order valence-corrected chi connectivity index (χ0v) is 9.95. The summed E-state index contributed by atoms with van der Waals surface area (Å²) in [6, 6.07) is 5.69. The number of carbonyl (C=O) groups is 1. The van der Waals surface area contributed by atoms with E-state index >= 15 is 0 Å². The molecule has 4 nitrogen and oxygen atoms in total. The lowest BCUT2D eigenvalue weighted by molar-refractivity contribution is -0.120. The third kappa shape index (κ3) is 2.41. The zero-order chi connectivity index (χ0) is 12.3. The molecule has 0 radical (unpaired) electrons. The van der Waals surface area contributed by atoms with Gasteiger partial charge in [-0.1, -0.05) is 0 Å². The first-order chi connectivity index (χ1) is 8.24. The van der Waals surface area contributed by atoms with Crippen LogP contribution in [0.2, 0.25) is 0 Å². The average molecular weight is 233 g/mol. The fourth-order valence-corrected chi connectivity index (χ4v) is 1.76. The van der Waals surface area contributed by atoms with Crippen LogP contribution in [0.25, 0.3) is 11.0 Å². The van der Waals surface area contributed by atoms with E-state index < -0.39 is 0 Å². The van der Waals surface area contributed by atoms with Crippen LogP contribution in [0.3, 0.4) is 0 Å². The Kier molecular flexibility index (Phi) is 3.32. The van der Waals surface area contributed by atoms with Crippen molar-refractivity contribution in [2.75, 3.05) is 14.2 Å². The quantitative estimate of drug-likeness (QED) is 0.880. The van der Waals surface area contributed by atoms with Gasteiger partial charge in [-0.25, -0.2) is 0 Å². The smallest absolute Gasteiger partial charge is 0.220 e. The van der Waals surface area contributed by atoms with Crippen molar-refractivity contribution in [1.82, 2.24) is 5.32 Å². The van der Waals surface area contributed by atoms with Gasteiger partial charge in [-0.05, 0) is 24.1 Å². The van der Waals surface area contributed by atoms with Crippen molar-refractivity contribution in [2.45, 2.75) is 12.8 Å². The lowest BCUT2D eigenvalue weighted by atomic mass is 10.1. The predicted molar refractivity (Wildman–Crippen MR) is 65.2 cm³/mol. The second-order valence-corrected chi connectivity index (χ2v) is 3.80. The lowest BCUT2D eigenvalue weighted by Gasteiger charge is -2.00. The molecule has 0 unspecified atom stereocenters. The van der Waals surface area contributed by atoms with Crippen LogP contribution < -0.4 is 10.1 Å². The number of methoxy groups -OCH3 is 1. The number of hydrogen-bond acceptors (Lipinski definition) is 3. The molecular weight excluding hydrogens is 218 g/mol. The Morgan fingerprint density at radius 2 is 2.29 bits per heavy atom. The molecule has 0 saturated heterocycles. The van der Waals surface area contributed by atoms with Gasteiger partial charge >= 0.3 is 0 Å². The van der Waals surface area contributed by atoms with Crippen LogP contribution in [0.1, 0.15) is 12.0 Å². The first-order valence-electron chi connectivity index (χ1n) is 5.49. The van der Waals surface area contributed by atoms with E-state index in [2.05, 4.69) is 5.32 Å². The van der Waals surface area contributed by atoms with E-state index in [4.69, 9.17) is 9.15 Å². The Labute approximate surface area is 99.6 Å². The predicted octanol–water partition coefficient (Wildman–Crippen LogP) is 2.12. The molecule has 1 aromatic carbocycles. The topological polar surface area (TPSA) is 51.5 Å². The fourth-order valence-electron chi connectivity index (χ4n) is 1.76. The summed E-state index contributed by atoms with van der Waals surface area (Å²) in [6.45, 7) is 0. The SMILES string of the molecule is CNC(=O)CCc1coc2cc(OC)ccc12. The molecule has 2 aromatic rings. The largest absolute Gasteiger partial charge is 0.497 e. The highest BCUT2D eigenvalue weighted by Crippen LogP contribution is 2.26. The van der Waals surface area contributed by atoms with E-state index in [1.165, 1.54) is 0 Å². The molecule has 0 atom stereocenters. The number of ether oxygens (including phenoxy) is 1. The molecule has 0 aliphatic carbocycles. The molecule has 1 aromatic heterocycles. The number of carbonyl (C=O) groups excluding carboxylic acids is 1. The summed E-state index contributed by atoms with van der Waals surface area (Å²) >= 11 is 0. The monoisotopic (exact) mass is 233 g/mol. The summed E-state index contributed by atoms with van der Waals surface area (Å²) in [7, 11) is 3.26. The van der Waals surface area contributed by atoms with Gasteiger partial charge < -0.3 is 14.5 Å². The Bertz CT molecular complexity index is 530. The second-order valence-electron chi connectivity index (χ2n) is 3.80. The molecular formula is C13H15NO3. The highest BCUT2D eigenvalue weighted by atomic mass is 16.5. The maximum atomic E-state index is 11.2. The number of amides is 1. The van der Waals surface area contributed by atoms with Crippen molar-refractivity contribution in [1.29, 1.82) is 0 Å². The lowest BCUT2D eigenvalue weighted by Crippen LogP contribution is -2.17. The summed E-state index contributed by atoms with van der Waals surface area (Å²) in [6.07, 6.45) is 2.85. The summed E-state index contributed by atoms with van der Waals surface area (Å²) in [5.74, 6) is 0.803. The number of benzene rings is 1. The Balaban J connectivity index is 2.21. The van der Waals surface area contributed by atoms with Gasteiger partial charge in [0.25, 0.3) is 0 Å². The van der Waals surface area contributed by atoms with Crippen LogP contribution in [0, 0.1) is 0 Å². The third-order valence-electron chi connectivity index (χ3n) is 2.76. The van der Waals surface area contributed by atoms with Gasteiger partial charge in [0.1, 0.15) is 11.3 Å². The van der Waals surface area contributed by atoms with Crippen molar-refractivity contribution in [3.05, 3.63) is 30.0 Å². The number of nitrogens with one attached hydrogen (secondary N) is 1. The van der Waals surface area contributed by atoms with E-state index in [-0.39, 0.29) is 5.91 Å². The minimum absolute atomic E-state index is 0.0351. The minimum Gasteiger partial charge on any atom is -0.497 e. The van der Waals surface area contributed by atoms with Crippen LogP contribution in [0.4, 0.5) is 0 Å². The molecule has 0 spiro atoms. The molecule has 2 rings (SSSR count). The number of rotatable bonds is 4. The molecule has 90 valence electrons. The molecule has 0 aliphatic heterocycles. The first kappa shape index (κ1) is 11.5. The van der Waals surface area contributed by atoms with E-state index in [1.54, 1.807) is 20.4 Å². The first-order valence-corrected chi connectivity index (χ1v) is 5.49. The van der Waals surface area contributed by atoms with E-state index in [0.717, 1.165) is 22.3 Å². The van der Waals surface area contributed by atoms with Gasteiger partial charge in [0.05, 0.1) is 13.4 Å². The van der Waals surface area contributed by atoms with Crippen LogP contribution in [-0.2, 0) is 11.2 Å². The van der Waals surface area contributed by atoms with E-state index in [0.29, 0.717) is 12.8 Å². The zero-order valence-electron chi connectivity index (χ0n) is 9.95. The number of furan rings is 1. The number of aryl methyl sites for hydroxylation is 1. The minimum atomic E-state index is 0.0351. The van der Waals surface area contributed by atoms with Crippen molar-refractivity contribution in [3.63, 3.8) is 0 Å². The van der Waals surface area contributed by atoms with Gasteiger partial charge in [0, 0.05) is 24.9 Å². The van der Waals surface area contributed by atoms with Gasteiger partial charge in [-0.3, -0.25) is 4.79 Å². The molecule has 1 N–H and O–H groups in total. The van der Waals surface area contributed by atoms with Crippen molar-refractivity contribution in [3.8, 4) is 5.75 Å². The van der Waals surface area contributed by atoms with Crippen molar-refractivity contribution in [2.24, 2.45) is 0 Å². The van der Waals surface area contributed by atoms with Crippen molar-refractivity contribution >= 4 is 16.9 Å². The molecule has 0 aliphatic rings. The van der Waals surface area contributed by atoms with Crippen LogP contribution in [0.5, 0.6) is 5.75 Å². The van der Waals surface area contributed by atoms with Gasteiger partial charge in [0.2, 0.25) is 5.91 Å². The molecule has 0 saturated carbocycles. The summed E-state index contributed by atoms with van der Waals surface area (Å²) in [4.78, 5) is 11.2. The highest BCUT2D eigenvalue weighted by Gasteiger charge is 2.08. The van der Waals surface area contributed by atoms with Gasteiger partial charge in [0.15, 0.2) is 0 Å². The van der Waals surface area contributed by atoms with Crippen LogP contribution >= 0.6 is 0 Å². The summed E-state index contributed by atoms with van der Waals surface area (Å²) < 4.78 is 10.6. The maximum Gasteiger partial charge on any atom is 0.220 e. The summed E-state index contributed by atoms with van der Waals surface area (Å²) in [5, 5.41) is 3.64. The van der Waals surface area contributed by atoms with Crippen molar-refractivity contribution < 1.29 is 13.9 Å². The molecule has 0 bridgehead atoms. The number of fused-ring (bicyclic) bond motifs is 1. The third-order valence-corrected chi connectivity index (χ3v) is 2.76. The number of hydrogen-bond donors (Lipinski definition) is 1. The standard InChI is InChI=1S/C13H15NO3/c1-14-13(15)6-3-9-8-17-12-7-10(16-2)4-5-11(9)12/h4-5,7-8H,3,6H2,1-2H3,(H,14,15). The molecule has 1 heterocycles. The molecule has 0 fully saturated rings.